The summed E-state index contributed by atoms with van der Waals surface area (Å²) < 4.78 is 0. The van der Waals surface area contributed by atoms with Gasteiger partial charge in [-0.3, -0.25) is 0 Å². The molecular formula is C9H16N2. The van der Waals surface area contributed by atoms with Crippen molar-refractivity contribution in [1.82, 2.24) is 5.32 Å². The van der Waals surface area contributed by atoms with Gasteiger partial charge in [-0.1, -0.05) is 20.1 Å². The largest absolute Gasteiger partial charge is 0.402 e. The number of rotatable bonds is 4. The minimum Gasteiger partial charge on any atom is -0.402 e. The monoisotopic (exact) mass is 152 g/mol. The summed E-state index contributed by atoms with van der Waals surface area (Å²) in [5, 5.41) is 2.96. The third-order valence-corrected chi connectivity index (χ3v) is 1.14. The fourth-order valence-electron chi connectivity index (χ4n) is 0.636. The lowest BCUT2D eigenvalue weighted by Crippen LogP contribution is -2.08. The van der Waals surface area contributed by atoms with Crippen LogP contribution in [0.2, 0.25) is 0 Å². The minimum absolute atomic E-state index is 0.789. The standard InChI is InChI=1S/C9H16N2/c1-5-9(10)6-8(4)11-7(2)3/h6,11H,2,4-5,10H2,1,3H3/b9-6+. The highest BCUT2D eigenvalue weighted by Crippen LogP contribution is 1.97. The van der Waals surface area contributed by atoms with Crippen molar-refractivity contribution in [3.05, 3.63) is 36.3 Å². The lowest BCUT2D eigenvalue weighted by Gasteiger charge is -2.04. The molecule has 0 aromatic carbocycles. The number of hydrogen-bond acceptors (Lipinski definition) is 2. The van der Waals surface area contributed by atoms with Crippen molar-refractivity contribution in [2.24, 2.45) is 5.73 Å². The predicted octanol–water partition coefficient (Wildman–Crippen LogP) is 1.88. The van der Waals surface area contributed by atoms with Gasteiger partial charge in [-0.05, 0) is 19.4 Å². The second-order valence-corrected chi connectivity index (χ2v) is 2.50. The van der Waals surface area contributed by atoms with Crippen LogP contribution in [0.25, 0.3) is 0 Å². The third kappa shape index (κ3) is 5.27. The molecule has 0 fully saturated rings. The zero-order valence-corrected chi connectivity index (χ0v) is 7.28. The van der Waals surface area contributed by atoms with Gasteiger partial charge >= 0.3 is 0 Å². The molecule has 2 heteroatoms. The van der Waals surface area contributed by atoms with Crippen molar-refractivity contribution in [2.75, 3.05) is 0 Å². The van der Waals surface area contributed by atoms with Crippen LogP contribution >= 0.6 is 0 Å². The summed E-state index contributed by atoms with van der Waals surface area (Å²) in [7, 11) is 0. The van der Waals surface area contributed by atoms with Crippen LogP contribution < -0.4 is 11.1 Å². The van der Waals surface area contributed by atoms with E-state index in [2.05, 4.69) is 18.5 Å². The molecule has 0 radical (unpaired) electrons. The van der Waals surface area contributed by atoms with E-state index in [1.165, 1.54) is 0 Å². The fraction of sp³-hybridized carbons (Fsp3) is 0.333. The van der Waals surface area contributed by atoms with Gasteiger partial charge in [0.15, 0.2) is 0 Å². The topological polar surface area (TPSA) is 38.0 Å². The second kappa shape index (κ2) is 4.61. The Morgan fingerprint density at radius 2 is 2.09 bits per heavy atom. The number of allylic oxidation sites excluding steroid dienone is 3. The average Bonchev–Trinajstić information content (AvgIpc) is 1.85. The Kier molecular flexibility index (Phi) is 4.11. The van der Waals surface area contributed by atoms with Crippen molar-refractivity contribution in [1.29, 1.82) is 0 Å². The summed E-state index contributed by atoms with van der Waals surface area (Å²) in [6.07, 6.45) is 2.66. The maximum atomic E-state index is 5.58. The zero-order valence-electron chi connectivity index (χ0n) is 7.28. The van der Waals surface area contributed by atoms with Crippen LogP contribution in [-0.4, -0.2) is 0 Å². The molecule has 0 atom stereocenters. The molecule has 0 rings (SSSR count). The Balaban J connectivity index is 3.96. The molecule has 0 aliphatic carbocycles. The first-order chi connectivity index (χ1) is 5.06. The van der Waals surface area contributed by atoms with Gasteiger partial charge in [0.2, 0.25) is 0 Å². The second-order valence-electron chi connectivity index (χ2n) is 2.50. The van der Waals surface area contributed by atoms with E-state index in [0.717, 1.165) is 23.5 Å². The van der Waals surface area contributed by atoms with Gasteiger partial charge in [0, 0.05) is 17.1 Å². The van der Waals surface area contributed by atoms with Crippen LogP contribution in [0.5, 0.6) is 0 Å². The van der Waals surface area contributed by atoms with Gasteiger partial charge in [-0.2, -0.15) is 0 Å². The van der Waals surface area contributed by atoms with Crippen molar-refractivity contribution < 1.29 is 0 Å². The summed E-state index contributed by atoms with van der Waals surface area (Å²) in [6.45, 7) is 11.3. The van der Waals surface area contributed by atoms with E-state index >= 15 is 0 Å². The SMILES string of the molecule is C=C(C)NC(=C)/C=C(/N)CC. The van der Waals surface area contributed by atoms with Crippen molar-refractivity contribution in [3.8, 4) is 0 Å². The Labute approximate surface area is 68.5 Å². The predicted molar refractivity (Wildman–Crippen MR) is 49.7 cm³/mol. The van der Waals surface area contributed by atoms with Crippen molar-refractivity contribution >= 4 is 0 Å². The van der Waals surface area contributed by atoms with Gasteiger partial charge < -0.3 is 11.1 Å². The molecule has 0 saturated carbocycles. The first-order valence-electron chi connectivity index (χ1n) is 3.63. The summed E-state index contributed by atoms with van der Waals surface area (Å²) in [5.41, 5.74) is 8.06. The van der Waals surface area contributed by atoms with Crippen LogP contribution in [0, 0.1) is 0 Å². The summed E-state index contributed by atoms with van der Waals surface area (Å²) >= 11 is 0. The Morgan fingerprint density at radius 3 is 2.45 bits per heavy atom. The lowest BCUT2D eigenvalue weighted by molar-refractivity contribution is 0.991. The fourth-order valence-corrected chi connectivity index (χ4v) is 0.636. The van der Waals surface area contributed by atoms with Gasteiger partial charge in [0.1, 0.15) is 0 Å². The number of hydrogen-bond donors (Lipinski definition) is 2. The average molecular weight is 152 g/mol. The molecular weight excluding hydrogens is 136 g/mol. The third-order valence-electron chi connectivity index (χ3n) is 1.14. The Morgan fingerprint density at radius 1 is 1.55 bits per heavy atom. The minimum atomic E-state index is 0.789. The molecule has 0 heterocycles. The molecule has 0 aliphatic rings. The van der Waals surface area contributed by atoms with E-state index in [-0.39, 0.29) is 0 Å². The summed E-state index contributed by atoms with van der Waals surface area (Å²) in [6, 6.07) is 0. The van der Waals surface area contributed by atoms with E-state index in [4.69, 9.17) is 5.73 Å². The van der Waals surface area contributed by atoms with Crippen LogP contribution in [0.15, 0.2) is 36.3 Å². The number of nitrogens with two attached hydrogens (primary N) is 1. The summed E-state index contributed by atoms with van der Waals surface area (Å²) in [5.74, 6) is 0. The Bertz CT molecular complexity index is 190. The molecule has 0 unspecified atom stereocenters. The first-order valence-corrected chi connectivity index (χ1v) is 3.63. The van der Waals surface area contributed by atoms with Crippen LogP contribution in [0.4, 0.5) is 0 Å². The van der Waals surface area contributed by atoms with E-state index in [1.807, 2.05) is 19.9 Å². The number of nitrogens with one attached hydrogen (secondary N) is 1. The molecule has 0 spiro atoms. The van der Waals surface area contributed by atoms with Crippen LogP contribution in [0.1, 0.15) is 20.3 Å². The van der Waals surface area contributed by atoms with E-state index in [0.29, 0.717) is 0 Å². The van der Waals surface area contributed by atoms with Gasteiger partial charge in [0.05, 0.1) is 0 Å². The maximum Gasteiger partial charge on any atom is 0.0325 e. The molecule has 62 valence electrons. The molecule has 2 nitrogen and oxygen atoms in total. The molecule has 0 aromatic rings. The maximum absolute atomic E-state index is 5.58. The Hall–Kier alpha value is -1.18. The van der Waals surface area contributed by atoms with Crippen LogP contribution in [0.3, 0.4) is 0 Å². The molecule has 3 N–H and O–H groups in total. The van der Waals surface area contributed by atoms with Crippen LogP contribution in [-0.2, 0) is 0 Å². The normalized spacial score (nSPS) is 10.9. The highest BCUT2D eigenvalue weighted by Gasteiger charge is 1.89. The molecule has 0 saturated heterocycles. The van der Waals surface area contributed by atoms with E-state index in [9.17, 15) is 0 Å². The van der Waals surface area contributed by atoms with Gasteiger partial charge in [0.25, 0.3) is 0 Å². The molecule has 0 aliphatic heterocycles. The molecule has 0 aromatic heterocycles. The van der Waals surface area contributed by atoms with Crippen molar-refractivity contribution in [2.45, 2.75) is 20.3 Å². The summed E-state index contributed by atoms with van der Waals surface area (Å²) in [4.78, 5) is 0. The van der Waals surface area contributed by atoms with E-state index < -0.39 is 0 Å². The first kappa shape index (κ1) is 9.82. The smallest absolute Gasteiger partial charge is 0.0325 e. The van der Waals surface area contributed by atoms with E-state index in [1.54, 1.807) is 0 Å². The van der Waals surface area contributed by atoms with Gasteiger partial charge in [-0.15, -0.1) is 0 Å². The molecule has 11 heavy (non-hydrogen) atoms. The quantitative estimate of drug-likeness (QED) is 0.603. The van der Waals surface area contributed by atoms with Gasteiger partial charge in [-0.25, -0.2) is 0 Å². The lowest BCUT2D eigenvalue weighted by atomic mass is 10.3. The highest BCUT2D eigenvalue weighted by atomic mass is 14.9. The molecule has 0 bridgehead atoms. The zero-order chi connectivity index (χ0) is 8.85. The van der Waals surface area contributed by atoms with Crippen molar-refractivity contribution in [3.63, 3.8) is 0 Å². The molecule has 0 amide bonds. The highest BCUT2D eigenvalue weighted by molar-refractivity contribution is 5.20.